The van der Waals surface area contributed by atoms with E-state index < -0.39 is 0 Å². The number of benzene rings is 3. The number of anilines is 1. The van der Waals surface area contributed by atoms with Crippen LogP contribution in [0.1, 0.15) is 22.7 Å². The summed E-state index contributed by atoms with van der Waals surface area (Å²) in [5.41, 5.74) is 5.06. The van der Waals surface area contributed by atoms with Crippen molar-refractivity contribution in [1.29, 1.82) is 0 Å². The van der Waals surface area contributed by atoms with Crippen LogP contribution in [0.5, 0.6) is 5.75 Å². The van der Waals surface area contributed by atoms with Gasteiger partial charge in [0.2, 0.25) is 0 Å². The Labute approximate surface area is 211 Å². The van der Waals surface area contributed by atoms with Crippen molar-refractivity contribution in [1.82, 2.24) is 10.2 Å². The van der Waals surface area contributed by atoms with Crippen molar-refractivity contribution in [3.8, 4) is 5.75 Å². The molecule has 3 aromatic rings. The Hall–Kier alpha value is -2.73. The zero-order valence-electron chi connectivity index (χ0n) is 19.4. The average molecular weight is 498 g/mol. The summed E-state index contributed by atoms with van der Waals surface area (Å²) < 4.78 is 5.60. The molecular weight excluding hydrogens is 469 g/mol. The van der Waals surface area contributed by atoms with E-state index in [0.29, 0.717) is 22.3 Å². The van der Waals surface area contributed by atoms with E-state index in [1.807, 2.05) is 14.1 Å². The van der Waals surface area contributed by atoms with E-state index in [9.17, 15) is 4.79 Å². The Morgan fingerprint density at radius 1 is 1.06 bits per heavy atom. The van der Waals surface area contributed by atoms with Crippen LogP contribution in [0.25, 0.3) is 0 Å². The highest BCUT2D eigenvalue weighted by molar-refractivity contribution is 6.35. The highest BCUT2D eigenvalue weighted by Gasteiger charge is 2.25. The molecule has 1 atom stereocenters. The predicted octanol–water partition coefficient (Wildman–Crippen LogP) is 5.35. The maximum Gasteiger partial charge on any atom is 0.258 e. The molecule has 0 aromatic heterocycles. The van der Waals surface area contributed by atoms with Crippen molar-refractivity contribution in [2.45, 2.75) is 19.0 Å². The molecule has 1 aliphatic heterocycles. The number of halogens is 2. The molecule has 34 heavy (non-hydrogen) atoms. The molecule has 0 saturated carbocycles. The van der Waals surface area contributed by atoms with E-state index >= 15 is 0 Å². The van der Waals surface area contributed by atoms with Crippen LogP contribution < -0.4 is 15.0 Å². The SMILES string of the molecule is CN(C)c1ccc(C(CNC(=O)COc2ccc(Cl)cc2Cl)N2CCc3ccccc3C2)cc1. The van der Waals surface area contributed by atoms with Gasteiger partial charge < -0.3 is 15.0 Å². The minimum Gasteiger partial charge on any atom is -0.482 e. The number of nitrogens with one attached hydrogen (secondary N) is 1. The predicted molar refractivity (Wildman–Crippen MR) is 139 cm³/mol. The summed E-state index contributed by atoms with van der Waals surface area (Å²) in [6.07, 6.45) is 0.995. The number of ether oxygens (including phenoxy) is 1. The fourth-order valence-corrected chi connectivity index (χ4v) is 4.70. The van der Waals surface area contributed by atoms with E-state index in [-0.39, 0.29) is 18.6 Å². The smallest absolute Gasteiger partial charge is 0.258 e. The third kappa shape index (κ3) is 6.03. The summed E-state index contributed by atoms with van der Waals surface area (Å²) in [6.45, 7) is 2.16. The Morgan fingerprint density at radius 3 is 2.50 bits per heavy atom. The average Bonchev–Trinajstić information content (AvgIpc) is 2.84. The number of amides is 1. The number of carbonyl (C=O) groups is 1. The lowest BCUT2D eigenvalue weighted by Crippen LogP contribution is -2.41. The minimum atomic E-state index is -0.196. The van der Waals surface area contributed by atoms with Gasteiger partial charge in [-0.15, -0.1) is 0 Å². The quantitative estimate of drug-likeness (QED) is 0.455. The Balaban J connectivity index is 1.45. The Bertz CT molecular complexity index is 1130. The second-order valence-electron chi connectivity index (χ2n) is 8.66. The van der Waals surface area contributed by atoms with Crippen LogP contribution >= 0.6 is 23.2 Å². The molecule has 1 N–H and O–H groups in total. The van der Waals surface area contributed by atoms with Gasteiger partial charge in [-0.2, -0.15) is 0 Å². The van der Waals surface area contributed by atoms with Crippen LogP contribution in [-0.4, -0.2) is 44.6 Å². The van der Waals surface area contributed by atoms with E-state index in [4.69, 9.17) is 27.9 Å². The fourth-order valence-electron chi connectivity index (χ4n) is 4.23. The standard InChI is InChI=1S/C27H29Cl2N3O2/c1-31(2)23-10-7-20(8-11-23)25(32-14-13-19-5-3-4-6-21(19)17-32)16-30-27(33)18-34-26-12-9-22(28)15-24(26)29/h3-12,15,25H,13-14,16-18H2,1-2H3,(H,30,33). The third-order valence-electron chi connectivity index (χ3n) is 6.14. The van der Waals surface area contributed by atoms with Gasteiger partial charge in [0.25, 0.3) is 5.91 Å². The molecule has 0 bridgehead atoms. The second kappa shape index (κ2) is 11.1. The van der Waals surface area contributed by atoms with Crippen LogP contribution in [0.15, 0.2) is 66.7 Å². The monoisotopic (exact) mass is 497 g/mol. The minimum absolute atomic E-state index is 0.0487. The molecule has 1 heterocycles. The van der Waals surface area contributed by atoms with Crippen molar-refractivity contribution in [3.05, 3.63) is 93.5 Å². The number of fused-ring (bicyclic) bond motifs is 1. The normalized spacial score (nSPS) is 14.2. The second-order valence-corrected chi connectivity index (χ2v) is 9.50. The van der Waals surface area contributed by atoms with Gasteiger partial charge in [0.15, 0.2) is 6.61 Å². The van der Waals surface area contributed by atoms with Gasteiger partial charge in [0, 0.05) is 44.4 Å². The van der Waals surface area contributed by atoms with Crippen molar-refractivity contribution < 1.29 is 9.53 Å². The molecule has 0 saturated heterocycles. The molecule has 1 aliphatic rings. The molecule has 5 nitrogen and oxygen atoms in total. The van der Waals surface area contributed by atoms with Crippen molar-refractivity contribution in [2.75, 3.05) is 38.7 Å². The van der Waals surface area contributed by atoms with Crippen molar-refractivity contribution >= 4 is 34.8 Å². The molecule has 178 valence electrons. The topological polar surface area (TPSA) is 44.8 Å². The molecule has 3 aromatic carbocycles. The maximum absolute atomic E-state index is 12.6. The highest BCUT2D eigenvalue weighted by atomic mass is 35.5. The van der Waals surface area contributed by atoms with Gasteiger partial charge in [0.1, 0.15) is 5.75 Å². The number of nitrogens with zero attached hydrogens (tertiary/aromatic N) is 2. The first-order valence-electron chi connectivity index (χ1n) is 11.3. The molecule has 0 fully saturated rings. The van der Waals surface area contributed by atoms with Gasteiger partial charge in [-0.25, -0.2) is 0 Å². The van der Waals surface area contributed by atoms with Gasteiger partial charge in [-0.05, 0) is 53.4 Å². The highest BCUT2D eigenvalue weighted by Crippen LogP contribution is 2.29. The van der Waals surface area contributed by atoms with E-state index in [2.05, 4.69) is 63.6 Å². The molecule has 0 radical (unpaired) electrons. The lowest BCUT2D eigenvalue weighted by Gasteiger charge is -2.36. The Kier molecular flexibility index (Phi) is 7.99. The van der Waals surface area contributed by atoms with Crippen LogP contribution in [0.2, 0.25) is 10.0 Å². The van der Waals surface area contributed by atoms with E-state index in [1.54, 1.807) is 18.2 Å². The number of hydrogen-bond acceptors (Lipinski definition) is 4. The van der Waals surface area contributed by atoms with E-state index in [1.165, 1.54) is 16.7 Å². The number of rotatable bonds is 8. The third-order valence-corrected chi connectivity index (χ3v) is 6.67. The maximum atomic E-state index is 12.6. The zero-order valence-corrected chi connectivity index (χ0v) is 20.9. The summed E-state index contributed by atoms with van der Waals surface area (Å²) in [7, 11) is 4.06. The first-order valence-corrected chi connectivity index (χ1v) is 12.1. The molecule has 1 unspecified atom stereocenters. The summed E-state index contributed by atoms with van der Waals surface area (Å²) in [6, 6.07) is 22.1. The summed E-state index contributed by atoms with van der Waals surface area (Å²) >= 11 is 12.1. The molecule has 0 spiro atoms. The molecule has 4 rings (SSSR count). The van der Waals surface area contributed by atoms with Gasteiger partial charge in [-0.3, -0.25) is 9.69 Å². The van der Waals surface area contributed by atoms with Gasteiger partial charge in [0.05, 0.1) is 11.1 Å². The van der Waals surface area contributed by atoms with Crippen LogP contribution in [0.4, 0.5) is 5.69 Å². The molecular formula is C27H29Cl2N3O2. The van der Waals surface area contributed by atoms with Crippen molar-refractivity contribution in [2.24, 2.45) is 0 Å². The van der Waals surface area contributed by atoms with Crippen LogP contribution in [0.3, 0.4) is 0 Å². The van der Waals surface area contributed by atoms with Crippen molar-refractivity contribution in [3.63, 3.8) is 0 Å². The first-order chi connectivity index (χ1) is 16.4. The number of hydrogen-bond donors (Lipinski definition) is 1. The Morgan fingerprint density at radius 2 is 1.79 bits per heavy atom. The van der Waals surface area contributed by atoms with E-state index in [0.717, 1.165) is 25.2 Å². The van der Waals surface area contributed by atoms with Gasteiger partial charge >= 0.3 is 0 Å². The summed E-state index contributed by atoms with van der Waals surface area (Å²) in [5.74, 6) is 0.239. The lowest BCUT2D eigenvalue weighted by atomic mass is 9.96. The lowest BCUT2D eigenvalue weighted by molar-refractivity contribution is -0.123. The largest absolute Gasteiger partial charge is 0.482 e. The fraction of sp³-hybridized carbons (Fsp3) is 0.296. The summed E-state index contributed by atoms with van der Waals surface area (Å²) in [4.78, 5) is 17.1. The first kappa shape index (κ1) is 24.4. The molecule has 1 amide bonds. The zero-order chi connectivity index (χ0) is 24.1. The van der Waals surface area contributed by atoms with Crippen LogP contribution in [-0.2, 0) is 17.8 Å². The number of carbonyl (C=O) groups excluding carboxylic acids is 1. The summed E-state index contributed by atoms with van der Waals surface area (Å²) in [5, 5.41) is 3.96. The molecule has 7 heteroatoms. The van der Waals surface area contributed by atoms with Crippen LogP contribution in [0, 0.1) is 0 Å². The van der Waals surface area contributed by atoms with Gasteiger partial charge in [-0.1, -0.05) is 59.6 Å². The molecule has 0 aliphatic carbocycles.